The molecule has 0 saturated heterocycles. The molecule has 1 heterocycles. The summed E-state index contributed by atoms with van der Waals surface area (Å²) < 4.78 is 0. The Labute approximate surface area is 98.1 Å². The van der Waals surface area contributed by atoms with Crippen molar-refractivity contribution >= 4 is 31.3 Å². The summed E-state index contributed by atoms with van der Waals surface area (Å²) >= 11 is 0. The smallest absolute Gasteiger partial charge is 0.132 e. The van der Waals surface area contributed by atoms with Crippen LogP contribution in [0.3, 0.4) is 0 Å². The molecule has 1 aromatic rings. The van der Waals surface area contributed by atoms with E-state index in [-0.39, 0.29) is 0 Å². The Balaban J connectivity index is 3.22. The molecule has 1 rings (SSSR count). The van der Waals surface area contributed by atoms with Crippen LogP contribution in [0.5, 0.6) is 0 Å². The molecule has 1 aromatic heterocycles. The molecule has 0 aromatic carbocycles. The predicted octanol–water partition coefficient (Wildman–Crippen LogP) is 2.79. The summed E-state index contributed by atoms with van der Waals surface area (Å²) in [7, 11) is 3.41. The molecule has 0 radical (unpaired) electrons. The van der Waals surface area contributed by atoms with Crippen LogP contribution in [0, 0.1) is 5.41 Å². The van der Waals surface area contributed by atoms with Gasteiger partial charge in [0.25, 0.3) is 0 Å². The molecule has 0 saturated carbocycles. The predicted molar refractivity (Wildman–Crippen MR) is 73.8 cm³/mol. The fraction of sp³-hybridized carbons (Fsp3) is 0.250. The number of allylic oxidation sites excluding steroid dienone is 1. The van der Waals surface area contributed by atoms with Crippen molar-refractivity contribution in [3.63, 3.8) is 0 Å². The van der Waals surface area contributed by atoms with Gasteiger partial charge in [0.05, 0.1) is 5.71 Å². The molecule has 0 aliphatic heterocycles. The fourth-order valence-corrected chi connectivity index (χ4v) is 1.38. The first-order valence-electron chi connectivity index (χ1n) is 5.05. The number of rotatable bonds is 4. The summed E-state index contributed by atoms with van der Waals surface area (Å²) in [6.07, 6.45) is 2.43. The molecule has 3 nitrogen and oxygen atoms in total. The largest absolute Gasteiger partial charge is 0.383 e. The van der Waals surface area contributed by atoms with Gasteiger partial charge in [-0.15, -0.1) is 8.86 Å². The van der Waals surface area contributed by atoms with Crippen LogP contribution in [0.4, 0.5) is 5.82 Å². The van der Waals surface area contributed by atoms with Gasteiger partial charge in [0.2, 0.25) is 0 Å². The normalized spacial score (nSPS) is 9.88. The first-order valence-corrected chi connectivity index (χ1v) is 5.55. The summed E-state index contributed by atoms with van der Waals surface area (Å²) in [5.74, 6) is 0.374. The Bertz CT molecular complexity index is 463. The maximum atomic E-state index is 7.98. The van der Waals surface area contributed by atoms with E-state index >= 15 is 0 Å². The van der Waals surface area contributed by atoms with Crippen LogP contribution in [0.25, 0.3) is 5.57 Å². The van der Waals surface area contributed by atoms with Gasteiger partial charge in [0.15, 0.2) is 0 Å². The first kappa shape index (κ1) is 12.6. The number of hydrogen-bond acceptors (Lipinski definition) is 3. The third-order valence-electron chi connectivity index (χ3n) is 2.34. The Morgan fingerprint density at radius 2 is 2.25 bits per heavy atom. The van der Waals surface area contributed by atoms with E-state index in [0.29, 0.717) is 17.1 Å². The number of pyridine rings is 1. The Morgan fingerprint density at radius 3 is 2.75 bits per heavy atom. The summed E-state index contributed by atoms with van der Waals surface area (Å²) in [4.78, 5) is 4.08. The molecular formula is C12H16N3P. The average molecular weight is 233 g/mol. The maximum Gasteiger partial charge on any atom is 0.132 e. The van der Waals surface area contributed by atoms with Crippen molar-refractivity contribution in [2.75, 3.05) is 5.73 Å². The number of hydrogen-bond donors (Lipinski definition) is 2. The molecule has 0 aliphatic carbocycles. The minimum Gasteiger partial charge on any atom is -0.383 e. The van der Waals surface area contributed by atoms with Crippen LogP contribution in [-0.4, -0.2) is 16.0 Å². The standard InChI is InChI=1S/C12H16N3P/c1-4-10(16)11(13)9-5-8(7(2)3)6-15-12(9)14/h5-6,13,16H,2,4H2,1,3H3,(H2,14,15). The number of nitrogens with two attached hydrogens (primary N) is 1. The van der Waals surface area contributed by atoms with Gasteiger partial charge in [0, 0.05) is 11.8 Å². The molecule has 16 heavy (non-hydrogen) atoms. The van der Waals surface area contributed by atoms with Gasteiger partial charge >= 0.3 is 0 Å². The van der Waals surface area contributed by atoms with Gasteiger partial charge in [-0.3, -0.25) is 5.41 Å². The Hall–Kier alpha value is -1.47. The van der Waals surface area contributed by atoms with Crippen molar-refractivity contribution in [1.29, 1.82) is 5.41 Å². The second kappa shape index (κ2) is 5.04. The van der Waals surface area contributed by atoms with E-state index in [1.807, 2.05) is 19.9 Å². The molecule has 0 fully saturated rings. The van der Waals surface area contributed by atoms with Crippen molar-refractivity contribution in [2.24, 2.45) is 0 Å². The minimum absolute atomic E-state index is 0.374. The number of anilines is 1. The van der Waals surface area contributed by atoms with E-state index in [1.165, 1.54) is 0 Å². The summed E-state index contributed by atoms with van der Waals surface area (Å²) in [6.45, 7) is 7.73. The van der Waals surface area contributed by atoms with Crippen molar-refractivity contribution in [2.45, 2.75) is 20.3 Å². The molecule has 0 amide bonds. The van der Waals surface area contributed by atoms with Crippen molar-refractivity contribution < 1.29 is 0 Å². The highest BCUT2D eigenvalue weighted by Gasteiger charge is 2.11. The van der Waals surface area contributed by atoms with Gasteiger partial charge in [-0.1, -0.05) is 13.5 Å². The van der Waals surface area contributed by atoms with Crippen LogP contribution < -0.4 is 5.73 Å². The number of nitrogen functional groups attached to an aromatic ring is 1. The summed E-state index contributed by atoms with van der Waals surface area (Å²) in [5, 5.41) is 8.79. The molecule has 4 heteroatoms. The van der Waals surface area contributed by atoms with Gasteiger partial charge < -0.3 is 5.73 Å². The summed E-state index contributed by atoms with van der Waals surface area (Å²) in [5.41, 5.74) is 8.61. The van der Waals surface area contributed by atoms with E-state index in [1.54, 1.807) is 6.20 Å². The molecule has 0 aliphatic rings. The van der Waals surface area contributed by atoms with Crippen molar-refractivity contribution in [3.05, 3.63) is 30.0 Å². The number of aromatic nitrogens is 1. The molecule has 84 valence electrons. The molecule has 0 bridgehead atoms. The second-order valence-electron chi connectivity index (χ2n) is 3.64. The van der Waals surface area contributed by atoms with Crippen molar-refractivity contribution in [3.8, 4) is 0 Å². The van der Waals surface area contributed by atoms with E-state index < -0.39 is 0 Å². The van der Waals surface area contributed by atoms with Gasteiger partial charge in [-0.05, 0) is 35.8 Å². The van der Waals surface area contributed by atoms with Crippen LogP contribution >= 0.6 is 8.86 Å². The monoisotopic (exact) mass is 233 g/mol. The van der Waals surface area contributed by atoms with Gasteiger partial charge in [-0.25, -0.2) is 4.98 Å². The first-order chi connectivity index (χ1) is 7.47. The Morgan fingerprint density at radius 1 is 1.62 bits per heavy atom. The molecule has 0 spiro atoms. The summed E-state index contributed by atoms with van der Waals surface area (Å²) in [6, 6.07) is 1.85. The van der Waals surface area contributed by atoms with E-state index in [0.717, 1.165) is 22.9 Å². The highest BCUT2D eigenvalue weighted by Crippen LogP contribution is 2.18. The second-order valence-corrected chi connectivity index (χ2v) is 4.25. The van der Waals surface area contributed by atoms with Gasteiger partial charge in [-0.2, -0.15) is 0 Å². The van der Waals surface area contributed by atoms with Crippen LogP contribution in [0.2, 0.25) is 0 Å². The third-order valence-corrected chi connectivity index (χ3v) is 2.94. The van der Waals surface area contributed by atoms with Crippen molar-refractivity contribution in [1.82, 2.24) is 4.98 Å². The number of nitrogens with zero attached hydrogens (tertiary/aromatic N) is 1. The zero-order chi connectivity index (χ0) is 12.3. The van der Waals surface area contributed by atoms with Crippen LogP contribution in [0.15, 0.2) is 18.8 Å². The van der Waals surface area contributed by atoms with Crippen LogP contribution in [-0.2, 0) is 0 Å². The van der Waals surface area contributed by atoms with Crippen LogP contribution in [0.1, 0.15) is 31.4 Å². The van der Waals surface area contributed by atoms with Gasteiger partial charge in [0.1, 0.15) is 5.82 Å². The minimum atomic E-state index is 0.374. The van der Waals surface area contributed by atoms with E-state index in [2.05, 4.69) is 20.4 Å². The maximum absolute atomic E-state index is 7.98. The molecule has 0 atom stereocenters. The SMILES string of the molecule is C=C(C)c1cnc(N)c(C(=N)C(=P)CC)c1. The third kappa shape index (κ3) is 2.56. The fourth-order valence-electron chi connectivity index (χ4n) is 1.25. The zero-order valence-electron chi connectivity index (χ0n) is 9.59. The average Bonchev–Trinajstić information content (AvgIpc) is 2.27. The highest BCUT2D eigenvalue weighted by molar-refractivity contribution is 7.26. The highest BCUT2D eigenvalue weighted by atomic mass is 31.0. The quantitative estimate of drug-likeness (QED) is 0.620. The molecular weight excluding hydrogens is 217 g/mol. The van der Waals surface area contributed by atoms with E-state index in [9.17, 15) is 0 Å². The molecule has 0 unspecified atom stereocenters. The molecule has 3 N–H and O–H groups in total. The lowest BCUT2D eigenvalue weighted by atomic mass is 10.0. The lowest BCUT2D eigenvalue weighted by Crippen LogP contribution is -2.14. The Kier molecular flexibility index (Phi) is 3.97. The topological polar surface area (TPSA) is 62.8 Å². The zero-order valence-corrected chi connectivity index (χ0v) is 10.6. The van der Waals surface area contributed by atoms with E-state index in [4.69, 9.17) is 11.1 Å². The lowest BCUT2D eigenvalue weighted by Gasteiger charge is -2.09. The number of nitrogens with one attached hydrogen (secondary N) is 1. The lowest BCUT2D eigenvalue weighted by molar-refractivity contribution is 1.29.